The fourth-order valence-corrected chi connectivity index (χ4v) is 3.39. The molecular weight excluding hydrogens is 368 g/mol. The van der Waals surface area contributed by atoms with E-state index >= 15 is 0 Å². The summed E-state index contributed by atoms with van der Waals surface area (Å²) in [6.07, 6.45) is 0. The lowest BCUT2D eigenvalue weighted by molar-refractivity contribution is -0.135. The summed E-state index contributed by atoms with van der Waals surface area (Å²) in [6, 6.07) is 9.70. The van der Waals surface area contributed by atoms with Crippen LogP contribution in [0.3, 0.4) is 0 Å². The normalized spacial score (nSPS) is 16.4. The predicted octanol–water partition coefficient (Wildman–Crippen LogP) is 2.84. The third kappa shape index (κ3) is 2.08. The Morgan fingerprint density at radius 2 is 1.64 bits per heavy atom. The molecule has 8 heteroatoms. The van der Waals surface area contributed by atoms with Crippen LogP contribution >= 0.6 is 0 Å². The molecule has 0 amide bonds. The van der Waals surface area contributed by atoms with Crippen molar-refractivity contribution in [1.29, 1.82) is 0 Å². The van der Waals surface area contributed by atoms with Crippen LogP contribution in [0.1, 0.15) is 22.0 Å². The molecule has 3 heterocycles. The van der Waals surface area contributed by atoms with E-state index in [4.69, 9.17) is 13.6 Å². The quantitative estimate of drug-likeness (QED) is 0.224. The number of aromatic hydroxyl groups is 2. The number of Topliss-reactive ketones (excluding diaryl/α,β-unsaturated/α-hetero) is 1. The molecule has 0 saturated carbocycles. The summed E-state index contributed by atoms with van der Waals surface area (Å²) < 4.78 is 16.0. The first kappa shape index (κ1) is 16.1. The highest BCUT2D eigenvalue weighted by Crippen LogP contribution is 2.40. The van der Waals surface area contributed by atoms with Crippen LogP contribution in [0.25, 0.3) is 21.9 Å². The van der Waals surface area contributed by atoms with Crippen molar-refractivity contribution < 1.29 is 33.4 Å². The first-order valence-corrected chi connectivity index (χ1v) is 8.22. The Morgan fingerprint density at radius 3 is 2.46 bits per heavy atom. The third-order valence-corrected chi connectivity index (χ3v) is 4.65. The van der Waals surface area contributed by atoms with Crippen molar-refractivity contribution in [3.05, 3.63) is 64.2 Å². The van der Waals surface area contributed by atoms with Gasteiger partial charge in [0.2, 0.25) is 0 Å². The number of carbonyl (C=O) groups excluding carboxylic acids is 2. The first-order valence-electron chi connectivity index (χ1n) is 8.22. The smallest absolute Gasteiger partial charge is 0.347 e. The van der Waals surface area contributed by atoms with Crippen LogP contribution in [0, 0.1) is 0 Å². The zero-order valence-electron chi connectivity index (χ0n) is 14.0. The minimum atomic E-state index is -1.51. The number of carbonyl (C=O) groups is 2. The van der Waals surface area contributed by atoms with Gasteiger partial charge in [-0.05, 0) is 30.3 Å². The Kier molecular flexibility index (Phi) is 3.15. The molecular formula is C20H10O8. The number of ketones is 1. The highest BCUT2D eigenvalue weighted by molar-refractivity contribution is 6.18. The summed E-state index contributed by atoms with van der Waals surface area (Å²) in [6.45, 7) is 0. The number of esters is 1. The molecule has 5 rings (SSSR count). The van der Waals surface area contributed by atoms with Gasteiger partial charge in [0.1, 0.15) is 44.9 Å². The molecule has 8 nitrogen and oxygen atoms in total. The Bertz CT molecular complexity index is 1370. The van der Waals surface area contributed by atoms with Crippen LogP contribution in [-0.2, 0) is 4.79 Å². The second-order valence-electron chi connectivity index (χ2n) is 6.30. The third-order valence-electron chi connectivity index (χ3n) is 4.65. The highest BCUT2D eigenvalue weighted by atomic mass is 16.5. The van der Waals surface area contributed by atoms with Gasteiger partial charge >= 0.3 is 11.6 Å². The molecule has 138 valence electrons. The largest absolute Gasteiger partial charge is 0.507 e. The number of hydrogen-bond donors (Lipinski definition) is 2. The number of fused-ring (bicyclic) bond motifs is 4. The fourth-order valence-electron chi connectivity index (χ4n) is 3.39. The Labute approximate surface area is 155 Å². The zero-order chi connectivity index (χ0) is 19.6. The lowest BCUT2D eigenvalue weighted by Gasteiger charge is -2.21. The lowest BCUT2D eigenvalue weighted by atomic mass is 9.91. The molecule has 1 atom stereocenters. The van der Waals surface area contributed by atoms with Gasteiger partial charge < -0.3 is 23.8 Å². The minimum Gasteiger partial charge on any atom is -0.507 e. The average molecular weight is 378 g/mol. The molecule has 4 aromatic rings. The van der Waals surface area contributed by atoms with E-state index in [-0.39, 0.29) is 50.5 Å². The molecule has 0 spiro atoms. The molecule has 28 heavy (non-hydrogen) atoms. The second-order valence-corrected chi connectivity index (χ2v) is 6.30. The van der Waals surface area contributed by atoms with E-state index in [1.807, 2.05) is 0 Å². The molecule has 0 fully saturated rings. The molecule has 2 aromatic carbocycles. The summed E-state index contributed by atoms with van der Waals surface area (Å²) in [7, 11) is 0. The Hall–Kier alpha value is -4.07. The maximum Gasteiger partial charge on any atom is 0.347 e. The van der Waals surface area contributed by atoms with E-state index in [9.17, 15) is 24.6 Å². The van der Waals surface area contributed by atoms with Crippen molar-refractivity contribution >= 4 is 33.7 Å². The van der Waals surface area contributed by atoms with Gasteiger partial charge in [-0.3, -0.25) is 9.59 Å². The lowest BCUT2D eigenvalue weighted by Crippen LogP contribution is -2.31. The second kappa shape index (κ2) is 5.46. The summed E-state index contributed by atoms with van der Waals surface area (Å²) >= 11 is 0. The number of benzene rings is 2. The number of phenols is 2. The Morgan fingerprint density at radius 1 is 0.893 bits per heavy atom. The topological polar surface area (TPSA) is 127 Å². The molecule has 2 aromatic heterocycles. The van der Waals surface area contributed by atoms with Crippen molar-refractivity contribution in [3.8, 4) is 17.2 Å². The van der Waals surface area contributed by atoms with E-state index in [0.29, 0.717) is 0 Å². The molecule has 0 radical (unpaired) electrons. The van der Waals surface area contributed by atoms with E-state index in [2.05, 4.69) is 0 Å². The molecule has 0 aliphatic carbocycles. The number of rotatable bonds is 1. The van der Waals surface area contributed by atoms with Gasteiger partial charge in [-0.15, -0.1) is 0 Å². The SMILES string of the molecule is O=C1Oc2cccc(O)c2C(=O)C1c1cc2c(=O)oc3cccc(O)c3c2o1. The molecule has 1 aliphatic heterocycles. The van der Waals surface area contributed by atoms with E-state index in [0.717, 1.165) is 0 Å². The monoisotopic (exact) mass is 378 g/mol. The minimum absolute atomic E-state index is 0.0111. The van der Waals surface area contributed by atoms with E-state index in [1.165, 1.54) is 42.5 Å². The van der Waals surface area contributed by atoms with E-state index in [1.54, 1.807) is 0 Å². The van der Waals surface area contributed by atoms with Crippen molar-refractivity contribution in [2.45, 2.75) is 5.92 Å². The predicted molar refractivity (Wildman–Crippen MR) is 94.7 cm³/mol. The van der Waals surface area contributed by atoms with Crippen LogP contribution in [0.2, 0.25) is 0 Å². The molecule has 0 saturated heterocycles. The molecule has 2 N–H and O–H groups in total. The van der Waals surface area contributed by atoms with Gasteiger partial charge in [0.15, 0.2) is 17.3 Å². The summed E-state index contributed by atoms with van der Waals surface area (Å²) in [5.41, 5.74) is -0.808. The van der Waals surface area contributed by atoms with Crippen molar-refractivity contribution in [2.75, 3.05) is 0 Å². The number of phenolic OH excluding ortho intramolecular Hbond substituents is 2. The summed E-state index contributed by atoms with van der Waals surface area (Å²) in [5, 5.41) is 20.2. The van der Waals surface area contributed by atoms with Gasteiger partial charge in [-0.25, -0.2) is 4.79 Å². The van der Waals surface area contributed by atoms with Gasteiger partial charge in [0.25, 0.3) is 0 Å². The van der Waals surface area contributed by atoms with Gasteiger partial charge in [0.05, 0.1) is 0 Å². The number of hydrogen-bond acceptors (Lipinski definition) is 8. The van der Waals surface area contributed by atoms with E-state index < -0.39 is 23.3 Å². The maximum atomic E-state index is 12.9. The van der Waals surface area contributed by atoms with Crippen LogP contribution in [0.5, 0.6) is 17.2 Å². The van der Waals surface area contributed by atoms with Crippen molar-refractivity contribution in [1.82, 2.24) is 0 Å². The standard InChI is InChI=1S/C20H10O8/c21-9-3-1-5-11-14(9)17(23)16(20(25)28-11)13-7-8-18(26-13)15-10(22)4-2-6-12(15)27-19(8)24/h1-7,16,21-22H. The highest BCUT2D eigenvalue weighted by Gasteiger charge is 2.42. The summed E-state index contributed by atoms with van der Waals surface area (Å²) in [4.78, 5) is 37.6. The number of furan rings is 1. The fraction of sp³-hybridized carbons (Fsp3) is 0.0500. The van der Waals surface area contributed by atoms with Crippen LogP contribution in [-0.4, -0.2) is 22.0 Å². The van der Waals surface area contributed by atoms with Crippen LogP contribution < -0.4 is 10.4 Å². The average Bonchev–Trinajstić information content (AvgIpc) is 3.07. The van der Waals surface area contributed by atoms with Gasteiger partial charge in [-0.2, -0.15) is 0 Å². The van der Waals surface area contributed by atoms with Crippen LogP contribution in [0.4, 0.5) is 0 Å². The maximum absolute atomic E-state index is 12.9. The summed E-state index contributed by atoms with van der Waals surface area (Å²) in [5.74, 6) is -3.85. The zero-order valence-corrected chi connectivity index (χ0v) is 14.0. The molecule has 1 aliphatic rings. The molecule has 1 unspecified atom stereocenters. The van der Waals surface area contributed by atoms with Crippen molar-refractivity contribution in [2.24, 2.45) is 0 Å². The molecule has 0 bridgehead atoms. The van der Waals surface area contributed by atoms with Gasteiger partial charge in [-0.1, -0.05) is 12.1 Å². The Balaban J connectivity index is 1.76. The number of ether oxygens (including phenoxy) is 1. The van der Waals surface area contributed by atoms with Crippen LogP contribution in [0.15, 0.2) is 56.1 Å². The first-order chi connectivity index (χ1) is 13.5. The van der Waals surface area contributed by atoms with Crippen molar-refractivity contribution in [3.63, 3.8) is 0 Å². The van der Waals surface area contributed by atoms with Gasteiger partial charge in [0, 0.05) is 0 Å².